The lowest BCUT2D eigenvalue weighted by atomic mass is 10.2. The highest BCUT2D eigenvalue weighted by Gasteiger charge is 2.12. The van der Waals surface area contributed by atoms with Crippen molar-refractivity contribution in [2.45, 2.75) is 6.92 Å². The topological polar surface area (TPSA) is 30.0 Å². The normalized spacial score (nSPS) is 10.2. The van der Waals surface area contributed by atoms with Crippen molar-refractivity contribution in [2.75, 3.05) is 0 Å². The second-order valence-corrected chi connectivity index (χ2v) is 4.37. The second kappa shape index (κ2) is 3.40. The molecule has 2 aromatic heterocycles. The largest absolute Gasteiger partial charge is 0.293 e. The van der Waals surface area contributed by atoms with Crippen LogP contribution in [-0.4, -0.2) is 10.8 Å². The number of carbonyl (C=O) groups is 1. The first-order valence-electron chi connectivity index (χ1n) is 3.77. The Morgan fingerprint density at radius 1 is 1.46 bits per heavy atom. The quantitative estimate of drug-likeness (QED) is 0.711. The van der Waals surface area contributed by atoms with Gasteiger partial charge >= 0.3 is 0 Å². The standard InChI is InChI=1S/C9H7NOS2/c1-6(11)8-9(13-5-10-8)7-3-2-4-12-7/h2-5H,1H3. The lowest BCUT2D eigenvalue weighted by Gasteiger charge is -1.93. The van der Waals surface area contributed by atoms with Crippen molar-refractivity contribution in [3.8, 4) is 9.75 Å². The fourth-order valence-electron chi connectivity index (χ4n) is 1.08. The Bertz CT molecular complexity index is 417. The minimum Gasteiger partial charge on any atom is -0.293 e. The average molecular weight is 209 g/mol. The zero-order valence-corrected chi connectivity index (χ0v) is 8.61. The summed E-state index contributed by atoms with van der Waals surface area (Å²) < 4.78 is 0. The van der Waals surface area contributed by atoms with E-state index in [0.717, 1.165) is 9.75 Å². The summed E-state index contributed by atoms with van der Waals surface area (Å²) in [6, 6.07) is 3.98. The molecular formula is C9H7NOS2. The Kier molecular flexibility index (Phi) is 2.24. The zero-order chi connectivity index (χ0) is 9.26. The van der Waals surface area contributed by atoms with E-state index in [0.29, 0.717) is 5.69 Å². The van der Waals surface area contributed by atoms with Crippen LogP contribution in [0, 0.1) is 0 Å². The van der Waals surface area contributed by atoms with Gasteiger partial charge in [-0.25, -0.2) is 4.98 Å². The fourth-order valence-corrected chi connectivity index (χ4v) is 2.79. The van der Waals surface area contributed by atoms with E-state index in [-0.39, 0.29) is 5.78 Å². The van der Waals surface area contributed by atoms with Crippen LogP contribution < -0.4 is 0 Å². The lowest BCUT2D eigenvalue weighted by Crippen LogP contribution is -1.93. The smallest absolute Gasteiger partial charge is 0.179 e. The van der Waals surface area contributed by atoms with Gasteiger partial charge in [-0.15, -0.1) is 22.7 Å². The predicted molar refractivity (Wildman–Crippen MR) is 55.4 cm³/mol. The van der Waals surface area contributed by atoms with Crippen molar-refractivity contribution in [2.24, 2.45) is 0 Å². The van der Waals surface area contributed by atoms with Crippen molar-refractivity contribution in [1.29, 1.82) is 0 Å². The molecule has 0 radical (unpaired) electrons. The first-order valence-corrected chi connectivity index (χ1v) is 5.53. The summed E-state index contributed by atoms with van der Waals surface area (Å²) in [7, 11) is 0. The highest BCUT2D eigenvalue weighted by atomic mass is 32.1. The highest BCUT2D eigenvalue weighted by molar-refractivity contribution is 7.20. The molecule has 0 aliphatic heterocycles. The minimum absolute atomic E-state index is 0.0321. The number of ketones is 1. The predicted octanol–water partition coefficient (Wildman–Crippen LogP) is 3.07. The number of rotatable bonds is 2. The van der Waals surface area contributed by atoms with E-state index in [1.54, 1.807) is 23.8 Å². The third-order valence-electron chi connectivity index (χ3n) is 1.65. The molecule has 0 bridgehead atoms. The van der Waals surface area contributed by atoms with Crippen molar-refractivity contribution in [3.63, 3.8) is 0 Å². The van der Waals surface area contributed by atoms with E-state index in [4.69, 9.17) is 0 Å². The van der Waals surface area contributed by atoms with Crippen LogP contribution in [0.5, 0.6) is 0 Å². The lowest BCUT2D eigenvalue weighted by molar-refractivity contribution is 0.101. The van der Waals surface area contributed by atoms with Gasteiger partial charge in [0.25, 0.3) is 0 Å². The number of nitrogens with zero attached hydrogens (tertiary/aromatic N) is 1. The maximum Gasteiger partial charge on any atom is 0.179 e. The molecule has 0 saturated heterocycles. The van der Waals surface area contributed by atoms with Gasteiger partial charge in [0.15, 0.2) is 5.78 Å². The van der Waals surface area contributed by atoms with Gasteiger partial charge in [0.05, 0.1) is 10.4 Å². The molecule has 0 unspecified atom stereocenters. The van der Waals surface area contributed by atoms with Crippen LogP contribution in [0.4, 0.5) is 0 Å². The van der Waals surface area contributed by atoms with Gasteiger partial charge in [0.2, 0.25) is 0 Å². The summed E-state index contributed by atoms with van der Waals surface area (Å²) in [6.45, 7) is 1.55. The first kappa shape index (κ1) is 8.59. The van der Waals surface area contributed by atoms with Crippen molar-refractivity contribution < 1.29 is 4.79 Å². The summed E-state index contributed by atoms with van der Waals surface area (Å²) in [6.07, 6.45) is 0. The van der Waals surface area contributed by atoms with E-state index in [1.165, 1.54) is 11.3 Å². The van der Waals surface area contributed by atoms with Crippen LogP contribution in [0.2, 0.25) is 0 Å². The van der Waals surface area contributed by atoms with Gasteiger partial charge in [-0.05, 0) is 11.4 Å². The summed E-state index contributed by atoms with van der Waals surface area (Å²) in [4.78, 5) is 17.3. The van der Waals surface area contributed by atoms with Crippen LogP contribution in [0.1, 0.15) is 17.4 Å². The van der Waals surface area contributed by atoms with E-state index in [9.17, 15) is 4.79 Å². The number of carbonyl (C=O) groups excluding carboxylic acids is 1. The third-order valence-corrected chi connectivity index (χ3v) is 3.52. The molecule has 2 rings (SSSR count). The van der Waals surface area contributed by atoms with Crippen LogP contribution in [0.25, 0.3) is 9.75 Å². The van der Waals surface area contributed by atoms with E-state index >= 15 is 0 Å². The van der Waals surface area contributed by atoms with Crippen LogP contribution in [0.3, 0.4) is 0 Å². The molecule has 2 heterocycles. The van der Waals surface area contributed by atoms with Gasteiger partial charge in [0, 0.05) is 11.8 Å². The van der Waals surface area contributed by atoms with E-state index < -0.39 is 0 Å². The molecule has 0 aromatic carbocycles. The molecule has 0 N–H and O–H groups in total. The molecule has 0 fully saturated rings. The summed E-state index contributed by atoms with van der Waals surface area (Å²) in [5, 5.41) is 2.00. The van der Waals surface area contributed by atoms with Gasteiger partial charge in [-0.1, -0.05) is 6.07 Å². The Morgan fingerprint density at radius 2 is 2.31 bits per heavy atom. The second-order valence-electron chi connectivity index (χ2n) is 2.56. The molecule has 0 aliphatic carbocycles. The summed E-state index contributed by atoms with van der Waals surface area (Å²) >= 11 is 3.14. The SMILES string of the molecule is CC(=O)c1ncsc1-c1cccs1. The Labute approximate surface area is 83.9 Å². The Balaban J connectivity index is 2.52. The number of Topliss-reactive ketones (excluding diaryl/α,β-unsaturated/α-hetero) is 1. The first-order chi connectivity index (χ1) is 6.29. The Hall–Kier alpha value is -1.00. The van der Waals surface area contributed by atoms with Gasteiger partial charge in [0.1, 0.15) is 5.69 Å². The number of aromatic nitrogens is 1. The molecule has 0 saturated carbocycles. The maximum absolute atomic E-state index is 11.2. The molecule has 0 amide bonds. The van der Waals surface area contributed by atoms with Crippen molar-refractivity contribution >= 4 is 28.5 Å². The summed E-state index contributed by atoms with van der Waals surface area (Å²) in [5.41, 5.74) is 2.30. The third kappa shape index (κ3) is 1.55. The van der Waals surface area contributed by atoms with Gasteiger partial charge in [-0.2, -0.15) is 0 Å². The average Bonchev–Trinajstić information content (AvgIpc) is 2.74. The zero-order valence-electron chi connectivity index (χ0n) is 6.98. The molecule has 0 atom stereocenters. The fraction of sp³-hybridized carbons (Fsp3) is 0.111. The molecule has 2 aromatic rings. The molecule has 66 valence electrons. The van der Waals surface area contributed by atoms with Crippen LogP contribution in [-0.2, 0) is 0 Å². The molecular weight excluding hydrogens is 202 g/mol. The Morgan fingerprint density at radius 3 is 2.92 bits per heavy atom. The van der Waals surface area contributed by atoms with Crippen LogP contribution in [0.15, 0.2) is 23.0 Å². The summed E-state index contributed by atoms with van der Waals surface area (Å²) in [5.74, 6) is 0.0321. The minimum atomic E-state index is 0.0321. The number of hydrogen-bond donors (Lipinski definition) is 0. The molecule has 4 heteroatoms. The number of thiazole rings is 1. The van der Waals surface area contributed by atoms with Crippen molar-refractivity contribution in [1.82, 2.24) is 4.98 Å². The van der Waals surface area contributed by atoms with Gasteiger partial charge in [-0.3, -0.25) is 4.79 Å². The van der Waals surface area contributed by atoms with Crippen molar-refractivity contribution in [3.05, 3.63) is 28.7 Å². The maximum atomic E-state index is 11.2. The van der Waals surface area contributed by atoms with E-state index in [2.05, 4.69) is 4.98 Å². The monoisotopic (exact) mass is 209 g/mol. The molecule has 0 spiro atoms. The molecule has 0 aliphatic rings. The number of hydrogen-bond acceptors (Lipinski definition) is 4. The molecule has 2 nitrogen and oxygen atoms in total. The van der Waals surface area contributed by atoms with Gasteiger partial charge < -0.3 is 0 Å². The van der Waals surface area contributed by atoms with Crippen LogP contribution >= 0.6 is 22.7 Å². The highest BCUT2D eigenvalue weighted by Crippen LogP contribution is 2.31. The van der Waals surface area contributed by atoms with E-state index in [1.807, 2.05) is 17.5 Å². The molecule has 13 heavy (non-hydrogen) atoms. The number of thiophene rings is 1.